The predicted molar refractivity (Wildman–Crippen MR) is 77.9 cm³/mol. The van der Waals surface area contributed by atoms with Crippen LogP contribution in [-0.2, 0) is 0 Å². The Morgan fingerprint density at radius 3 is 2.80 bits per heavy atom. The van der Waals surface area contributed by atoms with Gasteiger partial charge in [-0.3, -0.25) is 9.78 Å². The van der Waals surface area contributed by atoms with Gasteiger partial charge in [-0.05, 0) is 30.7 Å². The molecule has 0 radical (unpaired) electrons. The van der Waals surface area contributed by atoms with Gasteiger partial charge in [0.2, 0.25) is 0 Å². The number of carbonyl (C=O) groups excluding carboxylic acids is 1. The van der Waals surface area contributed by atoms with Crippen molar-refractivity contribution in [2.24, 2.45) is 0 Å². The molecule has 0 aliphatic rings. The summed E-state index contributed by atoms with van der Waals surface area (Å²) in [4.78, 5) is 17.9. The maximum atomic E-state index is 12.4. The molecule has 2 aromatic rings. The van der Waals surface area contributed by atoms with E-state index in [1.54, 1.807) is 36.2 Å². The summed E-state index contributed by atoms with van der Waals surface area (Å²) >= 11 is 5.99. The standard InChI is InChI=1S/C15H15ClN2O2/c1-10(11-4-3-5-12(19)8-11)18(2)15(20)13-6-7-17-9-14(13)16/h3-10,19H,1-2H3. The Bertz CT molecular complexity index is 631. The molecule has 4 nitrogen and oxygen atoms in total. The topological polar surface area (TPSA) is 53.4 Å². The molecule has 1 amide bonds. The van der Waals surface area contributed by atoms with Crippen LogP contribution in [0.25, 0.3) is 0 Å². The molecular formula is C15H15ClN2O2. The van der Waals surface area contributed by atoms with E-state index in [-0.39, 0.29) is 17.7 Å². The zero-order chi connectivity index (χ0) is 14.7. The largest absolute Gasteiger partial charge is 0.508 e. The monoisotopic (exact) mass is 290 g/mol. The Hall–Kier alpha value is -2.07. The summed E-state index contributed by atoms with van der Waals surface area (Å²) in [5, 5.41) is 9.84. The minimum absolute atomic E-state index is 0.178. The number of aromatic nitrogens is 1. The predicted octanol–water partition coefficient (Wildman–Crippen LogP) is 3.27. The van der Waals surface area contributed by atoms with E-state index in [0.717, 1.165) is 5.56 Å². The Kier molecular flexibility index (Phi) is 4.25. The summed E-state index contributed by atoms with van der Waals surface area (Å²) in [6, 6.07) is 8.26. The van der Waals surface area contributed by atoms with Crippen molar-refractivity contribution >= 4 is 17.5 Å². The maximum absolute atomic E-state index is 12.4. The fourth-order valence-corrected chi connectivity index (χ4v) is 2.12. The van der Waals surface area contributed by atoms with Gasteiger partial charge in [-0.25, -0.2) is 0 Å². The van der Waals surface area contributed by atoms with E-state index in [1.165, 1.54) is 12.4 Å². The van der Waals surface area contributed by atoms with E-state index in [9.17, 15) is 9.90 Å². The van der Waals surface area contributed by atoms with E-state index in [0.29, 0.717) is 10.6 Å². The lowest BCUT2D eigenvalue weighted by Gasteiger charge is -2.25. The third-order valence-electron chi connectivity index (χ3n) is 3.26. The highest BCUT2D eigenvalue weighted by Gasteiger charge is 2.21. The van der Waals surface area contributed by atoms with Crippen molar-refractivity contribution in [3.63, 3.8) is 0 Å². The summed E-state index contributed by atoms with van der Waals surface area (Å²) < 4.78 is 0. The van der Waals surface area contributed by atoms with Gasteiger partial charge in [0, 0.05) is 19.4 Å². The first kappa shape index (κ1) is 14.3. The molecule has 5 heteroatoms. The summed E-state index contributed by atoms with van der Waals surface area (Å²) in [7, 11) is 1.70. The van der Waals surface area contributed by atoms with E-state index in [4.69, 9.17) is 11.6 Å². The number of nitrogens with zero attached hydrogens (tertiary/aromatic N) is 2. The number of rotatable bonds is 3. The van der Waals surface area contributed by atoms with Crippen molar-refractivity contribution in [1.82, 2.24) is 9.88 Å². The zero-order valence-corrected chi connectivity index (χ0v) is 12.0. The summed E-state index contributed by atoms with van der Waals surface area (Å²) in [6.45, 7) is 1.89. The molecule has 0 saturated heterocycles. The number of phenolic OH excluding ortho intramolecular Hbond substituents is 1. The number of halogens is 1. The smallest absolute Gasteiger partial charge is 0.255 e. The number of hydrogen-bond acceptors (Lipinski definition) is 3. The van der Waals surface area contributed by atoms with E-state index in [2.05, 4.69) is 4.98 Å². The fourth-order valence-electron chi connectivity index (χ4n) is 1.92. The Balaban J connectivity index is 2.25. The molecule has 1 aromatic carbocycles. The molecule has 0 fully saturated rings. The molecule has 1 unspecified atom stereocenters. The van der Waals surface area contributed by atoms with Gasteiger partial charge >= 0.3 is 0 Å². The second-order valence-electron chi connectivity index (χ2n) is 4.54. The molecule has 0 aliphatic heterocycles. The molecule has 0 spiro atoms. The highest BCUT2D eigenvalue weighted by atomic mass is 35.5. The normalized spacial score (nSPS) is 11.9. The van der Waals surface area contributed by atoms with Crippen LogP contribution in [0.2, 0.25) is 5.02 Å². The van der Waals surface area contributed by atoms with Crippen LogP contribution in [-0.4, -0.2) is 27.9 Å². The highest BCUT2D eigenvalue weighted by molar-refractivity contribution is 6.33. The van der Waals surface area contributed by atoms with Crippen LogP contribution in [0.4, 0.5) is 0 Å². The van der Waals surface area contributed by atoms with Gasteiger partial charge in [0.05, 0.1) is 16.6 Å². The third kappa shape index (κ3) is 2.91. The lowest BCUT2D eigenvalue weighted by molar-refractivity contribution is 0.0742. The Labute approximate surface area is 122 Å². The minimum atomic E-state index is -0.187. The van der Waals surface area contributed by atoms with Gasteiger partial charge in [0.25, 0.3) is 5.91 Å². The van der Waals surface area contributed by atoms with Gasteiger partial charge in [-0.2, -0.15) is 0 Å². The van der Waals surface area contributed by atoms with Crippen LogP contribution in [0.5, 0.6) is 5.75 Å². The molecule has 0 saturated carbocycles. The second kappa shape index (κ2) is 5.92. The fraction of sp³-hybridized carbons (Fsp3) is 0.200. The average Bonchev–Trinajstić information content (AvgIpc) is 2.45. The van der Waals surface area contributed by atoms with Crippen LogP contribution >= 0.6 is 11.6 Å². The van der Waals surface area contributed by atoms with E-state index < -0.39 is 0 Å². The SMILES string of the molecule is CC(c1cccc(O)c1)N(C)C(=O)c1ccncc1Cl. The number of aromatic hydroxyl groups is 1. The maximum Gasteiger partial charge on any atom is 0.255 e. The minimum Gasteiger partial charge on any atom is -0.508 e. The van der Waals surface area contributed by atoms with Crippen LogP contribution in [0, 0.1) is 0 Å². The van der Waals surface area contributed by atoms with Crippen molar-refractivity contribution in [2.75, 3.05) is 7.05 Å². The number of carbonyl (C=O) groups is 1. The van der Waals surface area contributed by atoms with E-state index in [1.807, 2.05) is 13.0 Å². The number of benzene rings is 1. The lowest BCUT2D eigenvalue weighted by atomic mass is 10.1. The Morgan fingerprint density at radius 1 is 1.40 bits per heavy atom. The molecule has 1 N–H and O–H groups in total. The number of phenols is 1. The number of hydrogen-bond donors (Lipinski definition) is 1. The molecule has 2 rings (SSSR count). The molecule has 0 bridgehead atoms. The first-order valence-corrected chi connectivity index (χ1v) is 6.54. The summed E-state index contributed by atoms with van der Waals surface area (Å²) in [6.07, 6.45) is 2.98. The molecule has 1 heterocycles. The van der Waals surface area contributed by atoms with Crippen molar-refractivity contribution in [1.29, 1.82) is 0 Å². The first-order chi connectivity index (χ1) is 9.50. The molecule has 1 aromatic heterocycles. The molecule has 104 valence electrons. The van der Waals surface area contributed by atoms with Crippen LogP contribution < -0.4 is 0 Å². The number of pyridine rings is 1. The zero-order valence-electron chi connectivity index (χ0n) is 11.2. The molecule has 1 atom stereocenters. The van der Waals surface area contributed by atoms with Crippen molar-refractivity contribution in [3.8, 4) is 5.75 Å². The van der Waals surface area contributed by atoms with E-state index >= 15 is 0 Å². The van der Waals surface area contributed by atoms with Crippen molar-refractivity contribution in [3.05, 3.63) is 58.9 Å². The summed E-state index contributed by atoms with van der Waals surface area (Å²) in [5.74, 6) is -0.00890. The van der Waals surface area contributed by atoms with Crippen molar-refractivity contribution < 1.29 is 9.90 Å². The van der Waals surface area contributed by atoms with Crippen LogP contribution in [0.1, 0.15) is 28.9 Å². The lowest BCUT2D eigenvalue weighted by Crippen LogP contribution is -2.29. The van der Waals surface area contributed by atoms with Crippen LogP contribution in [0.3, 0.4) is 0 Å². The first-order valence-electron chi connectivity index (χ1n) is 6.16. The van der Waals surface area contributed by atoms with Gasteiger partial charge in [0.1, 0.15) is 5.75 Å². The molecule has 20 heavy (non-hydrogen) atoms. The Morgan fingerprint density at radius 2 is 2.15 bits per heavy atom. The highest BCUT2D eigenvalue weighted by Crippen LogP contribution is 2.25. The quantitative estimate of drug-likeness (QED) is 0.944. The van der Waals surface area contributed by atoms with Gasteiger partial charge in [0.15, 0.2) is 0 Å². The van der Waals surface area contributed by atoms with Gasteiger partial charge in [-0.1, -0.05) is 23.7 Å². The average molecular weight is 291 g/mol. The summed E-state index contributed by atoms with van der Waals surface area (Å²) in [5.41, 5.74) is 1.27. The number of amides is 1. The van der Waals surface area contributed by atoms with Crippen molar-refractivity contribution in [2.45, 2.75) is 13.0 Å². The van der Waals surface area contributed by atoms with Gasteiger partial charge < -0.3 is 10.0 Å². The molecular weight excluding hydrogens is 276 g/mol. The van der Waals surface area contributed by atoms with Crippen LogP contribution in [0.15, 0.2) is 42.7 Å². The third-order valence-corrected chi connectivity index (χ3v) is 3.56. The second-order valence-corrected chi connectivity index (χ2v) is 4.95. The van der Waals surface area contributed by atoms with Gasteiger partial charge in [-0.15, -0.1) is 0 Å². The molecule has 0 aliphatic carbocycles.